The van der Waals surface area contributed by atoms with Crippen LogP contribution in [0.2, 0.25) is 0 Å². The third-order valence-electron chi connectivity index (χ3n) is 4.50. The van der Waals surface area contributed by atoms with E-state index in [-0.39, 0.29) is 11.9 Å². The molecule has 2 atom stereocenters. The molecule has 1 amide bonds. The first-order valence-electron chi connectivity index (χ1n) is 8.57. The van der Waals surface area contributed by atoms with Crippen LogP contribution in [0.15, 0.2) is 60.7 Å². The molecule has 1 aliphatic rings. The van der Waals surface area contributed by atoms with E-state index >= 15 is 0 Å². The molecule has 0 spiro atoms. The summed E-state index contributed by atoms with van der Waals surface area (Å²) in [5.74, 6) is -0.0505. The number of carbonyl (C=O) groups is 1. The van der Waals surface area contributed by atoms with Crippen LogP contribution in [0.25, 0.3) is 0 Å². The first kappa shape index (κ1) is 16.7. The Kier molecular flexibility index (Phi) is 5.62. The molecule has 1 aliphatic heterocycles. The Bertz CT molecular complexity index is 644. The number of benzene rings is 2. The average Bonchev–Trinajstić information content (AvgIpc) is 3.03. The van der Waals surface area contributed by atoms with Crippen LogP contribution < -0.4 is 11.1 Å². The zero-order valence-electron chi connectivity index (χ0n) is 13.9. The summed E-state index contributed by atoms with van der Waals surface area (Å²) in [5.41, 5.74) is 8.47. The predicted molar refractivity (Wildman–Crippen MR) is 96.4 cm³/mol. The number of nitrogens with two attached hydrogens (primary N) is 1. The number of nitrogens with one attached hydrogen (secondary N) is 1. The fourth-order valence-electron chi connectivity index (χ4n) is 3.20. The first-order valence-corrected chi connectivity index (χ1v) is 8.57. The van der Waals surface area contributed by atoms with Gasteiger partial charge in [-0.1, -0.05) is 60.7 Å². The number of hydrogen-bond acceptors (Lipinski definition) is 3. The fourth-order valence-corrected chi connectivity index (χ4v) is 3.20. The van der Waals surface area contributed by atoms with E-state index in [9.17, 15) is 4.79 Å². The number of hydrogen-bond donors (Lipinski definition) is 2. The molecule has 126 valence electrons. The zero-order chi connectivity index (χ0) is 16.8. The monoisotopic (exact) mass is 323 g/mol. The topological polar surface area (TPSA) is 58.4 Å². The van der Waals surface area contributed by atoms with E-state index in [1.165, 1.54) is 5.56 Å². The lowest BCUT2D eigenvalue weighted by Gasteiger charge is -2.18. The lowest BCUT2D eigenvalue weighted by molar-refractivity contribution is -0.123. The van der Waals surface area contributed by atoms with Crippen LogP contribution in [0.1, 0.15) is 17.5 Å². The van der Waals surface area contributed by atoms with E-state index in [1.807, 2.05) is 36.4 Å². The molecule has 1 saturated heterocycles. The molecule has 0 radical (unpaired) electrons. The van der Waals surface area contributed by atoms with Gasteiger partial charge in [-0.2, -0.15) is 0 Å². The van der Waals surface area contributed by atoms with Crippen molar-refractivity contribution in [2.24, 2.45) is 5.73 Å². The van der Waals surface area contributed by atoms with E-state index in [2.05, 4.69) is 34.5 Å². The number of rotatable bonds is 6. The van der Waals surface area contributed by atoms with E-state index in [0.717, 1.165) is 31.6 Å². The minimum Gasteiger partial charge on any atom is -0.351 e. The van der Waals surface area contributed by atoms with Gasteiger partial charge in [-0.25, -0.2) is 0 Å². The van der Waals surface area contributed by atoms with Crippen molar-refractivity contribution in [2.75, 3.05) is 13.1 Å². The Hall–Kier alpha value is -2.17. The van der Waals surface area contributed by atoms with Crippen LogP contribution in [-0.2, 0) is 17.8 Å². The van der Waals surface area contributed by atoms with Crippen molar-refractivity contribution >= 4 is 5.91 Å². The number of nitrogens with zero attached hydrogens (tertiary/aromatic N) is 1. The highest BCUT2D eigenvalue weighted by molar-refractivity contribution is 5.82. The quantitative estimate of drug-likeness (QED) is 0.854. The van der Waals surface area contributed by atoms with Gasteiger partial charge >= 0.3 is 0 Å². The minimum atomic E-state index is -0.490. The maximum atomic E-state index is 12.3. The smallest absolute Gasteiger partial charge is 0.237 e. The van der Waals surface area contributed by atoms with E-state index in [4.69, 9.17) is 5.73 Å². The summed E-state index contributed by atoms with van der Waals surface area (Å²) < 4.78 is 0. The van der Waals surface area contributed by atoms with E-state index in [1.54, 1.807) is 0 Å². The predicted octanol–water partition coefficient (Wildman–Crippen LogP) is 1.95. The third-order valence-corrected chi connectivity index (χ3v) is 4.50. The van der Waals surface area contributed by atoms with Gasteiger partial charge in [-0.05, 0) is 24.0 Å². The van der Waals surface area contributed by atoms with Crippen molar-refractivity contribution in [2.45, 2.75) is 31.5 Å². The van der Waals surface area contributed by atoms with Crippen LogP contribution in [-0.4, -0.2) is 36.0 Å². The van der Waals surface area contributed by atoms with Gasteiger partial charge in [0.25, 0.3) is 0 Å². The summed E-state index contributed by atoms with van der Waals surface area (Å²) in [6, 6.07) is 20.1. The standard InChI is InChI=1S/C20H25N3O/c21-19(13-16-7-3-1-4-8-16)20(24)22-18-11-12-23(15-18)14-17-9-5-2-6-10-17/h1-10,18-19H,11-15,21H2,(H,22,24). The van der Waals surface area contributed by atoms with Crippen molar-refractivity contribution in [3.05, 3.63) is 71.8 Å². The van der Waals surface area contributed by atoms with Gasteiger partial charge in [0.15, 0.2) is 0 Å². The Labute approximate surface area is 143 Å². The molecule has 24 heavy (non-hydrogen) atoms. The second-order valence-electron chi connectivity index (χ2n) is 6.51. The summed E-state index contributed by atoms with van der Waals surface area (Å²) in [5, 5.41) is 3.11. The molecule has 0 aliphatic carbocycles. The van der Waals surface area contributed by atoms with Crippen molar-refractivity contribution in [3.63, 3.8) is 0 Å². The van der Waals surface area contributed by atoms with Gasteiger partial charge in [0.2, 0.25) is 5.91 Å². The van der Waals surface area contributed by atoms with Crippen LogP contribution in [0.3, 0.4) is 0 Å². The molecular formula is C20H25N3O. The Morgan fingerprint density at radius 2 is 1.71 bits per heavy atom. The normalized spacial score (nSPS) is 19.1. The van der Waals surface area contributed by atoms with Crippen molar-refractivity contribution < 1.29 is 4.79 Å². The van der Waals surface area contributed by atoms with Crippen molar-refractivity contribution in [3.8, 4) is 0 Å². The Balaban J connectivity index is 1.45. The van der Waals surface area contributed by atoms with E-state index < -0.39 is 6.04 Å². The number of amides is 1. The Morgan fingerprint density at radius 3 is 2.38 bits per heavy atom. The average molecular weight is 323 g/mol. The van der Waals surface area contributed by atoms with Crippen LogP contribution in [0, 0.1) is 0 Å². The molecule has 1 fully saturated rings. The molecule has 2 aromatic carbocycles. The lowest BCUT2D eigenvalue weighted by atomic mass is 10.1. The second-order valence-corrected chi connectivity index (χ2v) is 6.51. The van der Waals surface area contributed by atoms with E-state index in [0.29, 0.717) is 6.42 Å². The number of carbonyl (C=O) groups excluding carboxylic acids is 1. The summed E-state index contributed by atoms with van der Waals surface area (Å²) >= 11 is 0. The SMILES string of the molecule is NC(Cc1ccccc1)C(=O)NC1CCN(Cc2ccccc2)C1. The van der Waals surface area contributed by atoms with Crippen LogP contribution in [0.5, 0.6) is 0 Å². The molecule has 4 heteroatoms. The van der Waals surface area contributed by atoms with Gasteiger partial charge < -0.3 is 11.1 Å². The summed E-state index contributed by atoms with van der Waals surface area (Å²) in [7, 11) is 0. The molecule has 3 N–H and O–H groups in total. The molecule has 2 unspecified atom stereocenters. The molecule has 2 aromatic rings. The fraction of sp³-hybridized carbons (Fsp3) is 0.350. The second kappa shape index (κ2) is 8.08. The largest absolute Gasteiger partial charge is 0.351 e. The van der Waals surface area contributed by atoms with Gasteiger partial charge in [-0.3, -0.25) is 9.69 Å². The summed E-state index contributed by atoms with van der Waals surface area (Å²) in [4.78, 5) is 14.7. The van der Waals surface area contributed by atoms with Crippen molar-refractivity contribution in [1.82, 2.24) is 10.2 Å². The van der Waals surface area contributed by atoms with Gasteiger partial charge in [0.1, 0.15) is 0 Å². The molecule has 0 bridgehead atoms. The maximum Gasteiger partial charge on any atom is 0.237 e. The highest BCUT2D eigenvalue weighted by atomic mass is 16.2. The van der Waals surface area contributed by atoms with Gasteiger partial charge in [-0.15, -0.1) is 0 Å². The minimum absolute atomic E-state index is 0.0505. The summed E-state index contributed by atoms with van der Waals surface area (Å²) in [6.07, 6.45) is 1.56. The first-order chi connectivity index (χ1) is 11.7. The molecular weight excluding hydrogens is 298 g/mol. The highest BCUT2D eigenvalue weighted by Gasteiger charge is 2.25. The van der Waals surface area contributed by atoms with Gasteiger partial charge in [0.05, 0.1) is 6.04 Å². The molecule has 0 saturated carbocycles. The maximum absolute atomic E-state index is 12.3. The number of likely N-dealkylation sites (tertiary alicyclic amines) is 1. The lowest BCUT2D eigenvalue weighted by Crippen LogP contribution is -2.47. The molecule has 4 nitrogen and oxygen atoms in total. The third kappa shape index (κ3) is 4.66. The Morgan fingerprint density at radius 1 is 1.08 bits per heavy atom. The van der Waals surface area contributed by atoms with Crippen molar-refractivity contribution in [1.29, 1.82) is 0 Å². The summed E-state index contributed by atoms with van der Waals surface area (Å²) in [6.45, 7) is 2.83. The highest BCUT2D eigenvalue weighted by Crippen LogP contribution is 2.13. The van der Waals surface area contributed by atoms with Gasteiger partial charge in [0, 0.05) is 25.7 Å². The van der Waals surface area contributed by atoms with Crippen LogP contribution >= 0.6 is 0 Å². The van der Waals surface area contributed by atoms with Crippen LogP contribution in [0.4, 0.5) is 0 Å². The zero-order valence-corrected chi connectivity index (χ0v) is 13.9. The molecule has 0 aromatic heterocycles. The molecule has 3 rings (SSSR count). The molecule has 1 heterocycles.